The molecule has 1 fully saturated rings. The molecule has 0 unspecified atom stereocenters. The Morgan fingerprint density at radius 2 is 0.895 bits per heavy atom. The summed E-state index contributed by atoms with van der Waals surface area (Å²) < 4.78 is 21.2. The van der Waals surface area contributed by atoms with Gasteiger partial charge >= 0.3 is 118 Å². The van der Waals surface area contributed by atoms with Crippen molar-refractivity contribution in [3.63, 3.8) is 0 Å². The van der Waals surface area contributed by atoms with Crippen LogP contribution in [0.4, 0.5) is 0 Å². The van der Waals surface area contributed by atoms with E-state index in [1.54, 1.807) is 0 Å². The molecule has 19 heavy (non-hydrogen) atoms. The molecule has 0 amide bonds. The zero-order chi connectivity index (χ0) is 11.9. The van der Waals surface area contributed by atoms with E-state index < -0.39 is 15.6 Å². The van der Waals surface area contributed by atoms with Crippen molar-refractivity contribution < 1.29 is 151 Å². The molecule has 92 valence electrons. The van der Waals surface area contributed by atoms with Gasteiger partial charge in [0.25, 0.3) is 0 Å². The van der Waals surface area contributed by atoms with Gasteiger partial charge in [-0.05, 0) is 0 Å². The third kappa shape index (κ3) is 34.5. The van der Waals surface area contributed by atoms with Gasteiger partial charge in [0, 0.05) is 26.2 Å². The van der Waals surface area contributed by atoms with Crippen LogP contribution in [0.5, 0.6) is 0 Å². The molecule has 1 aliphatic heterocycles. The second kappa shape index (κ2) is 18.5. The Morgan fingerprint density at radius 3 is 0.947 bits per heavy atom. The second-order valence-corrected chi connectivity index (χ2v) is 4.92. The maximum absolute atomic E-state index is 9.32. The minimum absolute atomic E-state index is 0. The molecule has 0 saturated carbocycles. The molecule has 1 rings (SSSR count). The van der Waals surface area contributed by atoms with Gasteiger partial charge in [-0.2, -0.15) is 0 Å². The first-order valence-corrected chi connectivity index (χ1v) is 6.80. The summed E-state index contributed by atoms with van der Waals surface area (Å²) in [7, 11) is -11.4. The average molecular weight is 352 g/mol. The number of rotatable bonds is 2. The van der Waals surface area contributed by atoms with Gasteiger partial charge in [-0.15, -0.1) is 0 Å². The first kappa shape index (κ1) is 34.5. The fourth-order valence-corrected chi connectivity index (χ4v) is 1.71. The number of piperazine rings is 1. The van der Waals surface area contributed by atoms with Crippen LogP contribution in [-0.2, 0) is 13.4 Å². The van der Waals surface area contributed by atoms with Gasteiger partial charge in [-0.3, -0.25) is 0 Å². The second-order valence-electron chi connectivity index (χ2n) is 2.48. The zero-order valence-corrected chi connectivity index (χ0v) is 21.4. The SMILES string of the molecule is C1CNCCN1.O=P([O-])([O-])OP(=O)([O-])[O-].[Na+].[Na+].[Na+].[Na+]. The van der Waals surface area contributed by atoms with Crippen LogP contribution < -0.4 is 148 Å². The summed E-state index contributed by atoms with van der Waals surface area (Å²) in [5.74, 6) is 0. The van der Waals surface area contributed by atoms with Gasteiger partial charge in [-0.1, -0.05) is 0 Å². The first-order chi connectivity index (χ1) is 6.71. The van der Waals surface area contributed by atoms with E-state index in [9.17, 15) is 28.7 Å². The molecule has 1 saturated heterocycles. The van der Waals surface area contributed by atoms with E-state index >= 15 is 0 Å². The van der Waals surface area contributed by atoms with Crippen LogP contribution in [0, 0.1) is 0 Å². The number of hydrogen-bond acceptors (Lipinski definition) is 9. The number of nitrogens with one attached hydrogen (secondary N) is 2. The van der Waals surface area contributed by atoms with Crippen molar-refractivity contribution in [2.24, 2.45) is 0 Å². The predicted molar refractivity (Wildman–Crippen MR) is 42.0 cm³/mol. The van der Waals surface area contributed by atoms with Crippen molar-refractivity contribution in [2.45, 2.75) is 0 Å². The summed E-state index contributed by atoms with van der Waals surface area (Å²) in [5.41, 5.74) is 0. The zero-order valence-electron chi connectivity index (χ0n) is 11.6. The molecule has 15 heteroatoms. The summed E-state index contributed by atoms with van der Waals surface area (Å²) in [5, 5.41) is 6.44. The van der Waals surface area contributed by atoms with Crippen molar-refractivity contribution in [1.29, 1.82) is 0 Å². The normalized spacial score (nSPS) is 14.1. The summed E-state index contributed by atoms with van der Waals surface area (Å²) in [6, 6.07) is 0. The minimum Gasteiger partial charge on any atom is -0.790 e. The minimum atomic E-state index is -5.68. The number of phosphoric acid groups is 2. The standard InChI is InChI=1S/C4H10N2.4Na.H4O7P2/c1-2-6-4-3-5-1;;;;;1-8(2,3)7-9(4,5)6/h5-6H,1-4H2;;;;;(H2,1,2,3)(H2,4,5,6)/q;4*+1;/p-4. The topological polar surface area (TPSA) is 160 Å². The Balaban J connectivity index is -0.0000000589. The largest absolute Gasteiger partial charge is 1.00 e. The first-order valence-electron chi connectivity index (χ1n) is 3.87. The Hall–Kier alpha value is 4.18. The van der Waals surface area contributed by atoms with Gasteiger partial charge in [-0.25, -0.2) is 0 Å². The maximum Gasteiger partial charge on any atom is 1.00 e. The van der Waals surface area contributed by atoms with Crippen LogP contribution in [0.25, 0.3) is 0 Å². The van der Waals surface area contributed by atoms with Gasteiger partial charge < -0.3 is 43.6 Å². The van der Waals surface area contributed by atoms with Crippen LogP contribution in [0.2, 0.25) is 0 Å². The van der Waals surface area contributed by atoms with Crippen molar-refractivity contribution in [2.75, 3.05) is 26.2 Å². The molecule has 0 atom stereocenters. The molecular weight excluding hydrogens is 342 g/mol. The van der Waals surface area contributed by atoms with E-state index in [0.717, 1.165) is 26.2 Å². The number of hydrogen-bond donors (Lipinski definition) is 2. The van der Waals surface area contributed by atoms with Crippen LogP contribution in [0.1, 0.15) is 0 Å². The fraction of sp³-hybridized carbons (Fsp3) is 1.00. The molecule has 0 spiro atoms. The van der Waals surface area contributed by atoms with Crippen molar-refractivity contribution in [3.8, 4) is 0 Å². The van der Waals surface area contributed by atoms with Crippen LogP contribution in [-0.4, -0.2) is 26.2 Å². The third-order valence-electron chi connectivity index (χ3n) is 1.16. The van der Waals surface area contributed by atoms with E-state index in [0.29, 0.717) is 0 Å². The Morgan fingerprint density at radius 1 is 0.684 bits per heavy atom. The van der Waals surface area contributed by atoms with E-state index in [2.05, 4.69) is 14.9 Å². The molecule has 9 nitrogen and oxygen atoms in total. The summed E-state index contributed by atoms with van der Waals surface area (Å²) >= 11 is 0. The average Bonchev–Trinajstić information content (AvgIpc) is 2.01. The van der Waals surface area contributed by atoms with E-state index in [4.69, 9.17) is 0 Å². The Bertz CT molecular complexity index is 238. The third-order valence-corrected chi connectivity index (χ3v) is 2.76. The van der Waals surface area contributed by atoms with Crippen LogP contribution >= 0.6 is 15.6 Å². The maximum atomic E-state index is 9.32. The molecule has 0 aromatic heterocycles. The molecule has 1 heterocycles. The molecule has 0 bridgehead atoms. The van der Waals surface area contributed by atoms with Gasteiger partial charge in [0.15, 0.2) is 0 Å². The molecule has 0 radical (unpaired) electrons. The molecular formula is C4H10N2Na4O7P2. The Labute approximate surface area is 200 Å². The van der Waals surface area contributed by atoms with Gasteiger partial charge in [0.1, 0.15) is 0 Å². The van der Waals surface area contributed by atoms with E-state index in [1.165, 1.54) is 0 Å². The molecule has 2 N–H and O–H groups in total. The van der Waals surface area contributed by atoms with Crippen LogP contribution in [0.15, 0.2) is 0 Å². The fourth-order valence-electron chi connectivity index (χ4n) is 0.726. The van der Waals surface area contributed by atoms with Gasteiger partial charge in [0.2, 0.25) is 0 Å². The molecule has 0 aromatic carbocycles. The van der Waals surface area contributed by atoms with E-state index in [-0.39, 0.29) is 118 Å². The van der Waals surface area contributed by atoms with Crippen LogP contribution in [0.3, 0.4) is 0 Å². The van der Waals surface area contributed by atoms with Gasteiger partial charge in [0.05, 0.1) is 15.6 Å². The quantitative estimate of drug-likeness (QED) is 0.363. The smallest absolute Gasteiger partial charge is 0.790 e. The summed E-state index contributed by atoms with van der Waals surface area (Å²) in [4.78, 5) is 37.3. The molecule has 0 aromatic rings. The summed E-state index contributed by atoms with van der Waals surface area (Å²) in [6.45, 7) is 4.56. The monoisotopic (exact) mass is 352 g/mol. The van der Waals surface area contributed by atoms with Crippen molar-refractivity contribution >= 4 is 15.6 Å². The van der Waals surface area contributed by atoms with E-state index in [1.807, 2.05) is 0 Å². The Kier molecular flexibility index (Phi) is 33.6. The van der Waals surface area contributed by atoms with Crippen molar-refractivity contribution in [1.82, 2.24) is 10.6 Å². The van der Waals surface area contributed by atoms with Crippen molar-refractivity contribution in [3.05, 3.63) is 0 Å². The predicted octanol–water partition coefficient (Wildman–Crippen LogP) is -16.1. The molecule has 0 aliphatic carbocycles. The summed E-state index contributed by atoms with van der Waals surface area (Å²) in [6.07, 6.45) is 0. The molecule has 1 aliphatic rings.